The van der Waals surface area contributed by atoms with E-state index in [0.717, 1.165) is 32.7 Å². The van der Waals surface area contributed by atoms with Crippen LogP contribution in [-0.2, 0) is 11.3 Å². The molecule has 1 atom stereocenters. The molecule has 126 valence electrons. The van der Waals surface area contributed by atoms with Crippen molar-refractivity contribution in [3.8, 4) is 6.07 Å². The van der Waals surface area contributed by atoms with Crippen LogP contribution in [0.1, 0.15) is 18.9 Å². The molecule has 0 bridgehead atoms. The minimum absolute atomic E-state index is 0.0439. The van der Waals surface area contributed by atoms with Crippen molar-refractivity contribution in [3.63, 3.8) is 0 Å². The van der Waals surface area contributed by atoms with Gasteiger partial charge in [0.2, 0.25) is 0 Å². The average Bonchev–Trinajstić information content (AvgIpc) is 2.61. The van der Waals surface area contributed by atoms with Crippen LogP contribution in [0, 0.1) is 11.3 Å². The standard InChI is InChI=1S/C17H20N4O3/c1-2-13(20-5-7-24-8-6-20)11-21-4-3-15-14(17(21)23)9-12(10-18)16(22)19-15/h3-4,9,13H,2,5-8,11H2,1H3,(H,19,22). The van der Waals surface area contributed by atoms with E-state index in [1.165, 1.54) is 6.07 Å². The lowest BCUT2D eigenvalue weighted by Crippen LogP contribution is -2.46. The molecular weight excluding hydrogens is 308 g/mol. The molecule has 7 heteroatoms. The molecule has 0 aliphatic carbocycles. The SMILES string of the molecule is CCC(Cn1ccc2[nH]c(=O)c(C#N)cc2c1=O)N1CCOCC1. The molecular formula is C17H20N4O3. The number of nitriles is 1. The number of aromatic amines is 1. The van der Waals surface area contributed by atoms with Gasteiger partial charge < -0.3 is 14.3 Å². The van der Waals surface area contributed by atoms with Gasteiger partial charge in [-0.05, 0) is 18.6 Å². The van der Waals surface area contributed by atoms with Crippen LogP contribution in [0.15, 0.2) is 27.9 Å². The summed E-state index contributed by atoms with van der Waals surface area (Å²) in [6.07, 6.45) is 2.63. The number of ether oxygens (including phenoxy) is 1. The van der Waals surface area contributed by atoms with E-state index in [2.05, 4.69) is 16.8 Å². The maximum atomic E-state index is 12.7. The van der Waals surface area contributed by atoms with Gasteiger partial charge in [0.25, 0.3) is 11.1 Å². The number of nitrogens with zero attached hydrogens (tertiary/aromatic N) is 3. The Morgan fingerprint density at radius 1 is 1.38 bits per heavy atom. The predicted molar refractivity (Wildman–Crippen MR) is 90.0 cm³/mol. The molecule has 24 heavy (non-hydrogen) atoms. The van der Waals surface area contributed by atoms with Crippen LogP contribution in [0.3, 0.4) is 0 Å². The van der Waals surface area contributed by atoms with Gasteiger partial charge in [0, 0.05) is 31.9 Å². The van der Waals surface area contributed by atoms with Crippen molar-refractivity contribution in [2.24, 2.45) is 0 Å². The Hall–Kier alpha value is -2.43. The Kier molecular flexibility index (Phi) is 4.79. The molecule has 1 unspecified atom stereocenters. The van der Waals surface area contributed by atoms with E-state index in [1.807, 2.05) is 6.07 Å². The average molecular weight is 328 g/mol. The van der Waals surface area contributed by atoms with Gasteiger partial charge in [-0.2, -0.15) is 5.26 Å². The van der Waals surface area contributed by atoms with Gasteiger partial charge in [-0.3, -0.25) is 14.5 Å². The quantitative estimate of drug-likeness (QED) is 0.891. The number of rotatable bonds is 4. The number of H-pyrrole nitrogens is 1. The first-order chi connectivity index (χ1) is 11.6. The van der Waals surface area contributed by atoms with Crippen LogP contribution in [-0.4, -0.2) is 46.8 Å². The van der Waals surface area contributed by atoms with Gasteiger partial charge in [-0.25, -0.2) is 0 Å². The zero-order valence-corrected chi connectivity index (χ0v) is 13.6. The van der Waals surface area contributed by atoms with Crippen molar-refractivity contribution in [2.75, 3.05) is 26.3 Å². The highest BCUT2D eigenvalue weighted by Crippen LogP contribution is 2.11. The first-order valence-corrected chi connectivity index (χ1v) is 8.12. The minimum atomic E-state index is -0.470. The lowest BCUT2D eigenvalue weighted by Gasteiger charge is -2.34. The van der Waals surface area contributed by atoms with Gasteiger partial charge in [-0.1, -0.05) is 6.92 Å². The van der Waals surface area contributed by atoms with E-state index in [4.69, 9.17) is 10.00 Å². The Labute approximate surface area is 139 Å². The summed E-state index contributed by atoms with van der Waals surface area (Å²) < 4.78 is 7.05. The zero-order valence-electron chi connectivity index (χ0n) is 13.6. The molecule has 0 aromatic carbocycles. The van der Waals surface area contributed by atoms with Crippen molar-refractivity contribution >= 4 is 10.9 Å². The van der Waals surface area contributed by atoms with Crippen molar-refractivity contribution in [1.29, 1.82) is 5.26 Å². The van der Waals surface area contributed by atoms with Gasteiger partial charge in [-0.15, -0.1) is 0 Å². The third-order valence-corrected chi connectivity index (χ3v) is 4.55. The maximum absolute atomic E-state index is 12.7. The number of fused-ring (bicyclic) bond motifs is 1. The van der Waals surface area contributed by atoms with Crippen LogP contribution in [0.25, 0.3) is 10.9 Å². The fraction of sp³-hybridized carbons (Fsp3) is 0.471. The molecule has 2 aromatic rings. The number of morpholine rings is 1. The molecule has 0 amide bonds. The van der Waals surface area contributed by atoms with Crippen molar-refractivity contribution in [2.45, 2.75) is 25.9 Å². The van der Waals surface area contributed by atoms with Gasteiger partial charge in [0.05, 0.1) is 24.1 Å². The lowest BCUT2D eigenvalue weighted by atomic mass is 10.1. The largest absolute Gasteiger partial charge is 0.379 e. The molecule has 3 rings (SSSR count). The molecule has 1 saturated heterocycles. The molecule has 2 aromatic heterocycles. The number of hydrogen-bond donors (Lipinski definition) is 1. The van der Waals surface area contributed by atoms with E-state index in [0.29, 0.717) is 17.4 Å². The van der Waals surface area contributed by atoms with Crippen LogP contribution < -0.4 is 11.1 Å². The molecule has 3 heterocycles. The van der Waals surface area contributed by atoms with E-state index < -0.39 is 5.56 Å². The van der Waals surface area contributed by atoms with Gasteiger partial charge in [0.15, 0.2) is 0 Å². The second kappa shape index (κ2) is 6.99. The Morgan fingerprint density at radius 3 is 2.79 bits per heavy atom. The summed E-state index contributed by atoms with van der Waals surface area (Å²) in [7, 11) is 0. The summed E-state index contributed by atoms with van der Waals surface area (Å²) >= 11 is 0. The van der Waals surface area contributed by atoms with Crippen LogP contribution in [0.2, 0.25) is 0 Å². The third kappa shape index (κ3) is 3.11. The first-order valence-electron chi connectivity index (χ1n) is 8.12. The van der Waals surface area contributed by atoms with E-state index in [9.17, 15) is 9.59 Å². The van der Waals surface area contributed by atoms with Crippen LogP contribution in [0.5, 0.6) is 0 Å². The predicted octanol–water partition coefficient (Wildman–Crippen LogP) is 0.672. The first kappa shape index (κ1) is 16.4. The summed E-state index contributed by atoms with van der Waals surface area (Å²) in [5.74, 6) is 0. The number of nitrogens with one attached hydrogen (secondary N) is 1. The Morgan fingerprint density at radius 2 is 2.12 bits per heavy atom. The van der Waals surface area contributed by atoms with E-state index >= 15 is 0 Å². The summed E-state index contributed by atoms with van der Waals surface area (Å²) in [6, 6.07) is 5.17. The lowest BCUT2D eigenvalue weighted by molar-refractivity contribution is 0.0119. The highest BCUT2D eigenvalue weighted by atomic mass is 16.5. The van der Waals surface area contributed by atoms with Crippen LogP contribution in [0.4, 0.5) is 0 Å². The molecule has 0 saturated carbocycles. The monoisotopic (exact) mass is 328 g/mol. The minimum Gasteiger partial charge on any atom is -0.379 e. The molecule has 1 fully saturated rings. The number of pyridine rings is 2. The van der Waals surface area contributed by atoms with E-state index in [-0.39, 0.29) is 17.2 Å². The summed E-state index contributed by atoms with van der Waals surface area (Å²) in [4.78, 5) is 29.3. The maximum Gasteiger partial charge on any atom is 0.266 e. The van der Waals surface area contributed by atoms with Crippen LogP contribution >= 0.6 is 0 Å². The molecule has 0 spiro atoms. The molecule has 1 aliphatic heterocycles. The van der Waals surface area contributed by atoms with E-state index in [1.54, 1.807) is 16.8 Å². The molecule has 1 N–H and O–H groups in total. The second-order valence-electron chi connectivity index (χ2n) is 5.93. The van der Waals surface area contributed by atoms with Gasteiger partial charge >= 0.3 is 0 Å². The Balaban J connectivity index is 1.96. The second-order valence-corrected chi connectivity index (χ2v) is 5.93. The summed E-state index contributed by atoms with van der Waals surface area (Å²) in [6.45, 7) is 5.86. The van der Waals surface area contributed by atoms with Crippen molar-refractivity contribution in [1.82, 2.24) is 14.5 Å². The van der Waals surface area contributed by atoms with Crippen molar-refractivity contribution < 1.29 is 4.74 Å². The number of hydrogen-bond acceptors (Lipinski definition) is 5. The summed E-state index contributed by atoms with van der Waals surface area (Å²) in [5, 5.41) is 9.36. The molecule has 7 nitrogen and oxygen atoms in total. The smallest absolute Gasteiger partial charge is 0.266 e. The normalized spacial score (nSPS) is 16.8. The molecule has 1 aliphatic rings. The highest BCUT2D eigenvalue weighted by molar-refractivity contribution is 5.78. The fourth-order valence-electron chi connectivity index (χ4n) is 3.14. The molecule has 0 radical (unpaired) electrons. The highest BCUT2D eigenvalue weighted by Gasteiger charge is 2.20. The zero-order chi connectivity index (χ0) is 17.1. The third-order valence-electron chi connectivity index (χ3n) is 4.55. The summed E-state index contributed by atoms with van der Waals surface area (Å²) in [5.41, 5.74) is -0.244. The number of aromatic nitrogens is 2. The fourth-order valence-corrected chi connectivity index (χ4v) is 3.14. The Bertz CT molecular complexity index is 887. The van der Waals surface area contributed by atoms with Crippen molar-refractivity contribution in [3.05, 3.63) is 44.6 Å². The topological polar surface area (TPSA) is 91.1 Å². The van der Waals surface area contributed by atoms with Gasteiger partial charge in [0.1, 0.15) is 11.6 Å².